The van der Waals surface area contributed by atoms with Gasteiger partial charge in [-0.25, -0.2) is 8.42 Å². The Hall–Kier alpha value is -3.46. The van der Waals surface area contributed by atoms with Crippen molar-refractivity contribution >= 4 is 32.2 Å². The van der Waals surface area contributed by atoms with E-state index < -0.39 is 9.84 Å². The van der Waals surface area contributed by atoms with E-state index in [2.05, 4.69) is 22.1 Å². The van der Waals surface area contributed by atoms with E-state index in [0.717, 1.165) is 11.1 Å². The van der Waals surface area contributed by atoms with Gasteiger partial charge in [0.1, 0.15) is 0 Å². The first kappa shape index (κ1) is 20.8. The van der Waals surface area contributed by atoms with Crippen molar-refractivity contribution in [3.05, 3.63) is 76.9 Å². The molecular formula is C22H23N5O3S. The molecule has 4 aromatic rings. The first-order valence-corrected chi connectivity index (χ1v) is 11.6. The van der Waals surface area contributed by atoms with Gasteiger partial charge < -0.3 is 5.32 Å². The van der Waals surface area contributed by atoms with Gasteiger partial charge in [0.15, 0.2) is 15.7 Å². The molecule has 0 amide bonds. The van der Waals surface area contributed by atoms with Crippen LogP contribution < -0.4 is 10.9 Å². The van der Waals surface area contributed by atoms with Crippen molar-refractivity contribution < 1.29 is 8.42 Å². The van der Waals surface area contributed by atoms with Gasteiger partial charge in [-0.05, 0) is 43.7 Å². The number of nitrogens with one attached hydrogen (secondary N) is 1. The Morgan fingerprint density at radius 1 is 1.16 bits per heavy atom. The second-order valence-electron chi connectivity index (χ2n) is 7.22. The second-order valence-corrected chi connectivity index (χ2v) is 9.25. The second kappa shape index (κ2) is 7.99. The standard InChI is InChI=1S/C22H23N5O3S/c1-4-12-31(29,30)16-11-10-15(3)18(13-16)23-14-20-24-25-22-26(5-2)21(28)17-8-6-7-9-19(17)27(20)22/h4,6-11,13,23H,1,5,12,14H2,2-3H3. The highest BCUT2D eigenvalue weighted by molar-refractivity contribution is 7.91. The molecule has 0 aliphatic heterocycles. The van der Waals surface area contributed by atoms with Gasteiger partial charge in [0.25, 0.3) is 5.56 Å². The molecule has 0 aliphatic rings. The number of hydrogen-bond donors (Lipinski definition) is 1. The predicted octanol–water partition coefficient (Wildman–Crippen LogP) is 2.94. The normalized spacial score (nSPS) is 11.8. The summed E-state index contributed by atoms with van der Waals surface area (Å²) in [5.74, 6) is 0.972. The molecule has 0 bridgehead atoms. The summed E-state index contributed by atoms with van der Waals surface area (Å²) in [5, 5.41) is 12.4. The lowest BCUT2D eigenvalue weighted by molar-refractivity contribution is 0.599. The number of anilines is 1. The average molecular weight is 438 g/mol. The maximum atomic E-state index is 12.8. The van der Waals surface area contributed by atoms with Gasteiger partial charge in [0.2, 0.25) is 5.78 Å². The summed E-state index contributed by atoms with van der Waals surface area (Å²) in [6.45, 7) is 8.09. The zero-order valence-corrected chi connectivity index (χ0v) is 18.2. The molecule has 1 N–H and O–H groups in total. The van der Waals surface area contributed by atoms with E-state index >= 15 is 0 Å². The number of rotatable bonds is 7. The lowest BCUT2D eigenvalue weighted by Gasteiger charge is -2.12. The molecule has 160 valence electrons. The summed E-state index contributed by atoms with van der Waals surface area (Å²) in [5.41, 5.74) is 2.22. The topological polar surface area (TPSA) is 98.4 Å². The Morgan fingerprint density at radius 3 is 2.68 bits per heavy atom. The molecule has 31 heavy (non-hydrogen) atoms. The fourth-order valence-corrected chi connectivity index (χ4v) is 4.70. The third-order valence-corrected chi connectivity index (χ3v) is 6.88. The molecule has 0 saturated heterocycles. The maximum Gasteiger partial charge on any atom is 0.262 e. The van der Waals surface area contributed by atoms with Crippen molar-refractivity contribution in [1.82, 2.24) is 19.2 Å². The molecule has 2 heterocycles. The first-order chi connectivity index (χ1) is 14.9. The highest BCUT2D eigenvalue weighted by Gasteiger charge is 2.17. The van der Waals surface area contributed by atoms with Gasteiger partial charge in [-0.1, -0.05) is 24.3 Å². The lowest BCUT2D eigenvalue weighted by Crippen LogP contribution is -2.23. The van der Waals surface area contributed by atoms with Gasteiger partial charge in [-0.15, -0.1) is 16.8 Å². The van der Waals surface area contributed by atoms with E-state index in [1.807, 2.05) is 36.4 Å². The quantitative estimate of drug-likeness (QED) is 0.447. The molecule has 9 heteroatoms. The minimum Gasteiger partial charge on any atom is -0.377 e. The van der Waals surface area contributed by atoms with Crippen LogP contribution in [-0.4, -0.2) is 33.3 Å². The fourth-order valence-electron chi connectivity index (χ4n) is 3.62. The summed E-state index contributed by atoms with van der Waals surface area (Å²) in [4.78, 5) is 13.0. The summed E-state index contributed by atoms with van der Waals surface area (Å²) >= 11 is 0. The van der Waals surface area contributed by atoms with Gasteiger partial charge in [-0.2, -0.15) is 0 Å². The zero-order valence-electron chi connectivity index (χ0n) is 17.4. The average Bonchev–Trinajstić information content (AvgIpc) is 3.17. The van der Waals surface area contributed by atoms with Crippen LogP contribution in [0.15, 0.2) is 64.8 Å². The SMILES string of the molecule is C=CCS(=O)(=O)c1ccc(C)c(NCc2nnc3n(CC)c(=O)c4ccccc4n23)c1. The Labute approximate surface area is 179 Å². The fraction of sp³-hybridized carbons (Fsp3) is 0.227. The number of fused-ring (bicyclic) bond motifs is 3. The molecule has 8 nitrogen and oxygen atoms in total. The van der Waals surface area contributed by atoms with Gasteiger partial charge >= 0.3 is 0 Å². The number of nitrogens with zero attached hydrogens (tertiary/aromatic N) is 4. The summed E-state index contributed by atoms with van der Waals surface area (Å²) < 4.78 is 28.2. The van der Waals surface area contributed by atoms with Crippen molar-refractivity contribution in [1.29, 1.82) is 0 Å². The lowest BCUT2D eigenvalue weighted by atomic mass is 10.2. The van der Waals surface area contributed by atoms with Crippen LogP contribution in [-0.2, 0) is 22.9 Å². The van der Waals surface area contributed by atoms with E-state index in [-0.39, 0.29) is 16.2 Å². The van der Waals surface area contributed by atoms with Crippen molar-refractivity contribution in [2.45, 2.75) is 31.8 Å². The Bertz CT molecular complexity index is 1470. The summed E-state index contributed by atoms with van der Waals surface area (Å²) in [6.07, 6.45) is 1.38. The molecule has 0 fully saturated rings. The summed E-state index contributed by atoms with van der Waals surface area (Å²) in [6, 6.07) is 12.3. The van der Waals surface area contributed by atoms with Gasteiger partial charge in [0.05, 0.1) is 28.1 Å². The van der Waals surface area contributed by atoms with Crippen LogP contribution in [0.4, 0.5) is 5.69 Å². The van der Waals surface area contributed by atoms with Crippen molar-refractivity contribution in [2.75, 3.05) is 11.1 Å². The molecule has 2 aromatic carbocycles. The zero-order chi connectivity index (χ0) is 22.2. The van der Waals surface area contributed by atoms with Crippen LogP contribution in [0.5, 0.6) is 0 Å². The third kappa shape index (κ3) is 3.61. The smallest absolute Gasteiger partial charge is 0.262 e. The van der Waals surface area contributed by atoms with E-state index in [1.54, 1.807) is 28.8 Å². The highest BCUT2D eigenvalue weighted by atomic mass is 32.2. The van der Waals surface area contributed by atoms with Crippen molar-refractivity contribution in [3.8, 4) is 0 Å². The number of sulfone groups is 1. The van der Waals surface area contributed by atoms with Gasteiger partial charge in [0, 0.05) is 12.2 Å². The molecule has 0 aliphatic carbocycles. The minimum atomic E-state index is -3.43. The molecule has 0 atom stereocenters. The molecule has 0 saturated carbocycles. The van der Waals surface area contributed by atoms with Crippen LogP contribution in [0, 0.1) is 6.92 Å². The van der Waals surface area contributed by atoms with Crippen LogP contribution in [0.2, 0.25) is 0 Å². The Morgan fingerprint density at radius 2 is 1.94 bits per heavy atom. The Balaban J connectivity index is 1.77. The van der Waals surface area contributed by atoms with E-state index in [4.69, 9.17) is 0 Å². The third-order valence-electron chi connectivity index (χ3n) is 5.23. The summed E-state index contributed by atoms with van der Waals surface area (Å²) in [7, 11) is -3.43. The monoisotopic (exact) mass is 437 g/mol. The minimum absolute atomic E-state index is 0.103. The van der Waals surface area contributed by atoms with Crippen LogP contribution in [0.25, 0.3) is 16.7 Å². The predicted molar refractivity (Wildman–Crippen MR) is 121 cm³/mol. The molecular weight excluding hydrogens is 414 g/mol. The number of aromatic nitrogens is 4. The Kier molecular flexibility index (Phi) is 5.36. The number of benzene rings is 2. The number of hydrogen-bond acceptors (Lipinski definition) is 6. The molecule has 2 aromatic heterocycles. The highest BCUT2D eigenvalue weighted by Crippen LogP contribution is 2.22. The molecule has 0 unspecified atom stereocenters. The maximum absolute atomic E-state index is 12.8. The van der Waals surface area contributed by atoms with Crippen LogP contribution in [0.1, 0.15) is 18.3 Å². The number of aryl methyl sites for hydroxylation is 2. The first-order valence-electron chi connectivity index (χ1n) is 9.91. The van der Waals surface area contributed by atoms with Crippen LogP contribution in [0.3, 0.4) is 0 Å². The van der Waals surface area contributed by atoms with E-state index in [9.17, 15) is 13.2 Å². The number of para-hydroxylation sites is 1. The largest absolute Gasteiger partial charge is 0.377 e. The molecule has 0 radical (unpaired) electrons. The van der Waals surface area contributed by atoms with E-state index in [1.165, 1.54) is 6.08 Å². The van der Waals surface area contributed by atoms with Crippen molar-refractivity contribution in [2.24, 2.45) is 0 Å². The van der Waals surface area contributed by atoms with Crippen molar-refractivity contribution in [3.63, 3.8) is 0 Å². The molecule has 0 spiro atoms. The molecule has 4 rings (SSSR count). The van der Waals surface area contributed by atoms with Gasteiger partial charge in [-0.3, -0.25) is 13.8 Å². The van der Waals surface area contributed by atoms with E-state index in [0.29, 0.717) is 35.8 Å². The van der Waals surface area contributed by atoms with Crippen LogP contribution >= 0.6 is 0 Å².